The van der Waals surface area contributed by atoms with Gasteiger partial charge < -0.3 is 0 Å². The van der Waals surface area contributed by atoms with Crippen LogP contribution in [0.1, 0.15) is 37.8 Å². The molecule has 1 rings (SSSR count). The molecule has 1 aromatic heterocycles. The molecule has 0 saturated heterocycles. The lowest BCUT2D eigenvalue weighted by molar-refractivity contribution is 0.659. The van der Waals surface area contributed by atoms with E-state index in [0.29, 0.717) is 5.15 Å². The highest BCUT2D eigenvalue weighted by Crippen LogP contribution is 2.20. The largest absolute Gasteiger partial charge is 0.240 e. The van der Waals surface area contributed by atoms with Crippen molar-refractivity contribution < 1.29 is 0 Å². The smallest absolute Gasteiger partial charge is 0.129 e. The molecule has 0 bridgehead atoms. The van der Waals surface area contributed by atoms with E-state index in [4.69, 9.17) is 16.9 Å². The predicted octanol–water partition coefficient (Wildman–Crippen LogP) is 3.53. The molecule has 3 heteroatoms. The Balaban J connectivity index is 2.75. The quantitative estimate of drug-likeness (QED) is 0.710. The first-order valence-electron chi connectivity index (χ1n) is 4.80. The Morgan fingerprint density at radius 2 is 2.36 bits per heavy atom. The van der Waals surface area contributed by atoms with Gasteiger partial charge in [-0.15, -0.1) is 0 Å². The van der Waals surface area contributed by atoms with Crippen molar-refractivity contribution in [2.45, 2.75) is 32.1 Å². The van der Waals surface area contributed by atoms with E-state index in [2.05, 4.69) is 18.0 Å². The molecule has 0 saturated carbocycles. The second kappa shape index (κ2) is 5.62. The van der Waals surface area contributed by atoms with E-state index in [1.54, 1.807) is 6.07 Å². The fourth-order valence-corrected chi connectivity index (χ4v) is 1.48. The molecule has 0 fully saturated rings. The Morgan fingerprint density at radius 1 is 1.57 bits per heavy atom. The summed E-state index contributed by atoms with van der Waals surface area (Å²) in [6.07, 6.45) is 3.01. The first-order valence-corrected chi connectivity index (χ1v) is 5.17. The number of hydrogen-bond donors (Lipinski definition) is 0. The topological polar surface area (TPSA) is 36.7 Å². The van der Waals surface area contributed by atoms with Gasteiger partial charge in [0.2, 0.25) is 0 Å². The minimum atomic E-state index is -0.117. The third-order valence-corrected chi connectivity index (χ3v) is 2.31. The van der Waals surface area contributed by atoms with E-state index >= 15 is 0 Å². The van der Waals surface area contributed by atoms with Gasteiger partial charge in [-0.3, -0.25) is 0 Å². The molecule has 0 aliphatic heterocycles. The van der Waals surface area contributed by atoms with E-state index in [9.17, 15) is 0 Å². The molecule has 1 heterocycles. The summed E-state index contributed by atoms with van der Waals surface area (Å²) in [5, 5.41) is 9.42. The summed E-state index contributed by atoms with van der Waals surface area (Å²) in [5.41, 5.74) is 0.786. The van der Waals surface area contributed by atoms with Gasteiger partial charge in [0.25, 0.3) is 0 Å². The lowest BCUT2D eigenvalue weighted by Gasteiger charge is -2.07. The molecule has 0 aromatic carbocycles. The number of nitrogens with zero attached hydrogens (tertiary/aromatic N) is 2. The Bertz CT molecular complexity index is 330. The van der Waals surface area contributed by atoms with Crippen LogP contribution in [0.2, 0.25) is 5.15 Å². The molecule has 74 valence electrons. The van der Waals surface area contributed by atoms with Gasteiger partial charge in [-0.05, 0) is 18.6 Å². The van der Waals surface area contributed by atoms with E-state index in [1.165, 1.54) is 0 Å². The normalized spacial score (nSPS) is 12.1. The van der Waals surface area contributed by atoms with Crippen LogP contribution in [0.15, 0.2) is 18.2 Å². The first kappa shape index (κ1) is 11.0. The van der Waals surface area contributed by atoms with Crippen LogP contribution in [-0.2, 0) is 0 Å². The highest BCUT2D eigenvalue weighted by Gasteiger charge is 2.11. The Morgan fingerprint density at radius 3 is 2.93 bits per heavy atom. The molecule has 0 aliphatic rings. The van der Waals surface area contributed by atoms with Crippen molar-refractivity contribution in [2.24, 2.45) is 0 Å². The molecule has 1 atom stereocenters. The minimum absolute atomic E-state index is 0.117. The monoisotopic (exact) mass is 208 g/mol. The van der Waals surface area contributed by atoms with E-state index in [-0.39, 0.29) is 5.92 Å². The molecule has 0 radical (unpaired) electrons. The molecule has 0 N–H and O–H groups in total. The Kier molecular flexibility index (Phi) is 4.42. The van der Waals surface area contributed by atoms with Crippen molar-refractivity contribution in [1.29, 1.82) is 5.26 Å². The maximum Gasteiger partial charge on any atom is 0.129 e. The van der Waals surface area contributed by atoms with Crippen LogP contribution < -0.4 is 0 Å². The lowest BCUT2D eigenvalue weighted by Crippen LogP contribution is -1.98. The number of halogens is 1. The van der Waals surface area contributed by atoms with Crippen molar-refractivity contribution >= 4 is 11.6 Å². The molecule has 0 spiro atoms. The summed E-state index contributed by atoms with van der Waals surface area (Å²) in [6.45, 7) is 2.11. The Hall–Kier alpha value is -1.07. The van der Waals surface area contributed by atoms with E-state index < -0.39 is 0 Å². The van der Waals surface area contributed by atoms with Gasteiger partial charge in [-0.2, -0.15) is 5.26 Å². The number of pyridine rings is 1. The minimum Gasteiger partial charge on any atom is -0.240 e. The van der Waals surface area contributed by atoms with Gasteiger partial charge >= 0.3 is 0 Å². The van der Waals surface area contributed by atoms with Crippen LogP contribution in [-0.4, -0.2) is 4.98 Å². The highest BCUT2D eigenvalue weighted by molar-refractivity contribution is 6.29. The van der Waals surface area contributed by atoms with Gasteiger partial charge in [0.15, 0.2) is 0 Å². The number of unbranched alkanes of at least 4 members (excludes halogenated alkanes) is 1. The summed E-state index contributed by atoms with van der Waals surface area (Å²) in [5.74, 6) is -0.117. The van der Waals surface area contributed by atoms with Crippen LogP contribution in [0, 0.1) is 11.3 Å². The fraction of sp³-hybridized carbons (Fsp3) is 0.455. The fourth-order valence-electron chi connectivity index (χ4n) is 1.30. The molecular weight excluding hydrogens is 196 g/mol. The second-order valence-electron chi connectivity index (χ2n) is 3.21. The predicted molar refractivity (Wildman–Crippen MR) is 57.1 cm³/mol. The maximum atomic E-state index is 8.96. The lowest BCUT2D eigenvalue weighted by atomic mass is 10.00. The zero-order valence-electron chi connectivity index (χ0n) is 8.20. The average Bonchev–Trinajstić information content (AvgIpc) is 2.19. The standard InChI is InChI=1S/C11H13ClN2/c1-2-3-5-9(8-13)10-6-4-7-11(12)14-10/h4,6-7,9H,2-3,5H2,1H3. The van der Waals surface area contributed by atoms with Crippen LogP contribution in [0.4, 0.5) is 0 Å². The van der Waals surface area contributed by atoms with Gasteiger partial charge in [-0.25, -0.2) is 4.98 Å². The van der Waals surface area contributed by atoms with Crippen molar-refractivity contribution in [1.82, 2.24) is 4.98 Å². The number of nitriles is 1. The van der Waals surface area contributed by atoms with Gasteiger partial charge in [0.05, 0.1) is 17.7 Å². The van der Waals surface area contributed by atoms with Crippen LogP contribution in [0.5, 0.6) is 0 Å². The summed E-state index contributed by atoms with van der Waals surface area (Å²) in [7, 11) is 0. The van der Waals surface area contributed by atoms with E-state index in [0.717, 1.165) is 25.0 Å². The molecule has 0 amide bonds. The second-order valence-corrected chi connectivity index (χ2v) is 3.60. The zero-order valence-corrected chi connectivity index (χ0v) is 8.96. The molecule has 1 aromatic rings. The first-order chi connectivity index (χ1) is 6.77. The molecule has 14 heavy (non-hydrogen) atoms. The van der Waals surface area contributed by atoms with Crippen LogP contribution in [0.3, 0.4) is 0 Å². The molecule has 2 nitrogen and oxygen atoms in total. The summed E-state index contributed by atoms with van der Waals surface area (Å²) in [4.78, 5) is 4.14. The van der Waals surface area contributed by atoms with Crippen molar-refractivity contribution in [3.05, 3.63) is 29.0 Å². The van der Waals surface area contributed by atoms with Crippen molar-refractivity contribution in [3.8, 4) is 6.07 Å². The van der Waals surface area contributed by atoms with Gasteiger partial charge in [-0.1, -0.05) is 37.4 Å². The zero-order chi connectivity index (χ0) is 10.4. The van der Waals surface area contributed by atoms with Crippen molar-refractivity contribution in [3.63, 3.8) is 0 Å². The Labute approximate surface area is 89.5 Å². The number of hydrogen-bond acceptors (Lipinski definition) is 2. The summed E-state index contributed by atoms with van der Waals surface area (Å²) < 4.78 is 0. The summed E-state index contributed by atoms with van der Waals surface area (Å²) in [6, 6.07) is 7.67. The van der Waals surface area contributed by atoms with Crippen LogP contribution in [0.25, 0.3) is 0 Å². The highest BCUT2D eigenvalue weighted by atomic mass is 35.5. The van der Waals surface area contributed by atoms with E-state index in [1.807, 2.05) is 12.1 Å². The van der Waals surface area contributed by atoms with Gasteiger partial charge in [0, 0.05) is 0 Å². The average molecular weight is 209 g/mol. The summed E-state index contributed by atoms with van der Waals surface area (Å²) >= 11 is 5.76. The molecule has 1 unspecified atom stereocenters. The third kappa shape index (κ3) is 3.01. The maximum absolute atomic E-state index is 8.96. The number of aromatic nitrogens is 1. The number of rotatable bonds is 4. The van der Waals surface area contributed by atoms with Gasteiger partial charge in [0.1, 0.15) is 5.15 Å². The van der Waals surface area contributed by atoms with Crippen molar-refractivity contribution in [2.75, 3.05) is 0 Å². The molecular formula is C11H13ClN2. The van der Waals surface area contributed by atoms with Crippen LogP contribution >= 0.6 is 11.6 Å². The molecule has 0 aliphatic carbocycles. The third-order valence-electron chi connectivity index (χ3n) is 2.10. The SMILES string of the molecule is CCCCC(C#N)c1cccc(Cl)n1.